The van der Waals surface area contributed by atoms with Gasteiger partial charge in [-0.2, -0.15) is 15.0 Å². The Kier molecular flexibility index (Phi) is 17.5. The number of sulfonamides is 1. The Hall–Kier alpha value is -2.28. The highest BCUT2D eigenvalue weighted by Crippen LogP contribution is 2.11. The Morgan fingerprint density at radius 3 is 1.43 bits per heavy atom. The normalized spacial score (nSPS) is 10.5. The Bertz CT molecular complexity index is 631. The second-order valence-corrected chi connectivity index (χ2v) is 7.30. The molecule has 30 heavy (non-hydrogen) atoms. The maximum Gasteiger partial charge on any atom is 0.244 e. The van der Waals surface area contributed by atoms with Crippen molar-refractivity contribution in [3.8, 4) is 0 Å². The number of rotatable bonds is 13. The van der Waals surface area contributed by atoms with E-state index in [1.807, 2.05) is 37.7 Å². The van der Waals surface area contributed by atoms with E-state index in [1.54, 1.807) is 0 Å². The third-order valence-electron chi connectivity index (χ3n) is 3.45. The predicted molar refractivity (Wildman–Crippen MR) is 127 cm³/mol. The molecule has 12 heteroatoms. The summed E-state index contributed by atoms with van der Waals surface area (Å²) in [5, 5.41) is 6.94. The molecule has 1 aromatic heterocycles. The van der Waals surface area contributed by atoms with Gasteiger partial charge < -0.3 is 5.32 Å². The van der Waals surface area contributed by atoms with Crippen LogP contribution in [0.5, 0.6) is 0 Å². The summed E-state index contributed by atoms with van der Waals surface area (Å²) in [5.74, 6) is 1.19. The molecule has 0 saturated heterocycles. The van der Waals surface area contributed by atoms with Gasteiger partial charge >= 0.3 is 0 Å². The third kappa shape index (κ3) is 13.8. The lowest BCUT2D eigenvalue weighted by molar-refractivity contribution is 0.358. The van der Waals surface area contributed by atoms with Crippen LogP contribution in [0.4, 0.5) is 17.8 Å². The summed E-state index contributed by atoms with van der Waals surface area (Å²) in [7, 11) is -3.22. The van der Waals surface area contributed by atoms with Crippen molar-refractivity contribution in [1.82, 2.24) is 29.7 Å². The molecule has 4 N–H and O–H groups in total. The zero-order chi connectivity index (χ0) is 23.6. The van der Waals surface area contributed by atoms with E-state index in [0.717, 1.165) is 32.4 Å². The maximum atomic E-state index is 11.1. The van der Waals surface area contributed by atoms with Gasteiger partial charge in [-0.15, -0.1) is 26.3 Å². The molecule has 0 fully saturated rings. The van der Waals surface area contributed by atoms with Crippen molar-refractivity contribution in [3.63, 3.8) is 0 Å². The second kappa shape index (κ2) is 17.6. The summed E-state index contributed by atoms with van der Waals surface area (Å²) in [6.07, 6.45) is 1.12. The fourth-order valence-corrected chi connectivity index (χ4v) is 2.48. The van der Waals surface area contributed by atoms with Crippen molar-refractivity contribution >= 4 is 27.9 Å². The van der Waals surface area contributed by atoms with E-state index >= 15 is 0 Å². The summed E-state index contributed by atoms with van der Waals surface area (Å²) in [6.45, 7) is 23.9. The molecule has 0 unspecified atom stereocenters. The molecule has 1 rings (SSSR count). The average molecular weight is 446 g/mol. The Morgan fingerprint density at radius 1 is 0.733 bits per heavy atom. The molecule has 0 aliphatic rings. The number of hydrogen-bond donors (Lipinski definition) is 4. The molecule has 0 radical (unpaired) electrons. The molecule has 0 aliphatic carbocycles. The molecule has 1 aromatic rings. The molecule has 0 amide bonds. The lowest BCUT2D eigenvalue weighted by atomic mass is 10.6. The number of nitrogens with one attached hydrogen (secondary N) is 4. The van der Waals surface area contributed by atoms with Crippen molar-refractivity contribution in [2.24, 2.45) is 0 Å². The first-order valence-corrected chi connectivity index (χ1v) is 11.7. The minimum Gasteiger partial charge on any atom is -0.353 e. The smallest absolute Gasteiger partial charge is 0.244 e. The van der Waals surface area contributed by atoms with Gasteiger partial charge in [-0.05, 0) is 0 Å². The van der Waals surface area contributed by atoms with E-state index in [1.165, 1.54) is 0 Å². The van der Waals surface area contributed by atoms with Crippen LogP contribution in [0.3, 0.4) is 0 Å². The van der Waals surface area contributed by atoms with Gasteiger partial charge in [0.1, 0.15) is 0 Å². The molecule has 0 saturated carbocycles. The van der Waals surface area contributed by atoms with E-state index < -0.39 is 10.0 Å². The summed E-state index contributed by atoms with van der Waals surface area (Å²) in [6, 6.07) is 0. The Morgan fingerprint density at radius 2 is 1.10 bits per heavy atom. The quantitative estimate of drug-likeness (QED) is 0.203. The number of hydrogen-bond acceptors (Lipinski definition) is 10. The molecule has 174 valence electrons. The first kappa shape index (κ1) is 29.9. The topological polar surface area (TPSA) is 127 Å². The first-order valence-electron chi connectivity index (χ1n) is 9.79. The van der Waals surface area contributed by atoms with Gasteiger partial charge in [0, 0.05) is 39.3 Å². The Labute approximate surface area is 182 Å². The summed E-state index contributed by atoms with van der Waals surface area (Å²) < 4.78 is 24.6. The van der Waals surface area contributed by atoms with Crippen molar-refractivity contribution < 1.29 is 8.42 Å². The lowest BCUT2D eigenvalue weighted by Crippen LogP contribution is -2.33. The molecule has 0 bridgehead atoms. The van der Waals surface area contributed by atoms with E-state index in [-0.39, 0.29) is 6.54 Å². The van der Waals surface area contributed by atoms with E-state index in [4.69, 9.17) is 0 Å². The number of aromatic nitrogens is 3. The van der Waals surface area contributed by atoms with Gasteiger partial charge in [0.05, 0.1) is 6.26 Å². The van der Waals surface area contributed by atoms with E-state index in [0.29, 0.717) is 24.4 Å². The maximum absolute atomic E-state index is 11.1. The van der Waals surface area contributed by atoms with Crippen LogP contribution in [0.1, 0.15) is 27.7 Å². The fourth-order valence-electron chi connectivity index (χ4n) is 2.01. The fraction of sp³-hybridized carbons (Fsp3) is 0.611. The van der Waals surface area contributed by atoms with Crippen molar-refractivity contribution in [1.29, 1.82) is 0 Å². The second-order valence-electron chi connectivity index (χ2n) is 5.47. The molecule has 0 aromatic carbocycles. The van der Waals surface area contributed by atoms with Gasteiger partial charge in [0.2, 0.25) is 27.9 Å². The molecule has 1 heterocycles. The van der Waals surface area contributed by atoms with Gasteiger partial charge in [-0.1, -0.05) is 27.7 Å². The molecular formula is C18H39N9O2S. The van der Waals surface area contributed by atoms with Gasteiger partial charge in [-0.3, -0.25) is 10.9 Å². The number of hydrazine groups is 2. The lowest BCUT2D eigenvalue weighted by Gasteiger charge is -2.22. The van der Waals surface area contributed by atoms with Crippen molar-refractivity contribution in [3.05, 3.63) is 26.3 Å². The van der Waals surface area contributed by atoms with Gasteiger partial charge in [-0.25, -0.2) is 23.2 Å². The van der Waals surface area contributed by atoms with E-state index in [9.17, 15) is 8.42 Å². The molecular weight excluding hydrogens is 406 g/mol. The minimum atomic E-state index is -3.22. The summed E-state index contributed by atoms with van der Waals surface area (Å²) >= 11 is 0. The van der Waals surface area contributed by atoms with Crippen molar-refractivity contribution in [2.75, 3.05) is 61.7 Å². The highest BCUT2D eigenvalue weighted by molar-refractivity contribution is 7.88. The highest BCUT2D eigenvalue weighted by Gasteiger charge is 2.10. The summed E-state index contributed by atoms with van der Waals surface area (Å²) in [4.78, 5) is 13.1. The Balaban J connectivity index is 0. The highest BCUT2D eigenvalue weighted by atomic mass is 32.2. The van der Waals surface area contributed by atoms with Crippen LogP contribution in [0.25, 0.3) is 0 Å². The van der Waals surface area contributed by atoms with Crippen LogP contribution >= 0.6 is 0 Å². The van der Waals surface area contributed by atoms with Crippen molar-refractivity contribution in [2.45, 2.75) is 27.7 Å². The first-order chi connectivity index (χ1) is 14.3. The van der Waals surface area contributed by atoms with Crippen LogP contribution in [0.2, 0.25) is 0 Å². The van der Waals surface area contributed by atoms with Gasteiger partial charge in [0.25, 0.3) is 0 Å². The largest absolute Gasteiger partial charge is 0.353 e. The zero-order valence-corrected chi connectivity index (χ0v) is 19.8. The van der Waals surface area contributed by atoms with Crippen LogP contribution in [0.15, 0.2) is 26.3 Å². The number of anilines is 3. The molecule has 0 atom stereocenters. The summed E-state index contributed by atoms with van der Waals surface area (Å²) in [5.41, 5.74) is 6.29. The monoisotopic (exact) mass is 445 g/mol. The van der Waals surface area contributed by atoms with Gasteiger partial charge in [0.15, 0.2) is 0 Å². The van der Waals surface area contributed by atoms with E-state index in [2.05, 4.69) is 62.2 Å². The third-order valence-corrected chi connectivity index (χ3v) is 4.18. The molecule has 11 nitrogen and oxygen atoms in total. The van der Waals surface area contributed by atoms with Crippen LogP contribution in [0, 0.1) is 0 Å². The SMILES string of the molecule is C=C.C=C.CCN(CC)Nc1nc(NCCNS(C)(=O)=O)nc(NN(CC)CC)n1. The molecule has 0 spiro atoms. The number of nitrogens with zero attached hydrogens (tertiary/aromatic N) is 5. The minimum absolute atomic E-state index is 0.238. The van der Waals surface area contributed by atoms with Crippen LogP contribution < -0.4 is 20.9 Å². The zero-order valence-electron chi connectivity index (χ0n) is 19.0. The van der Waals surface area contributed by atoms with Crippen LogP contribution in [-0.2, 0) is 10.0 Å². The molecule has 0 aliphatic heterocycles. The standard InChI is InChI=1S/C14H31N9O2S.2C2H4/c1-6-22(7-2)20-13-17-12(15-10-11-16-26(5,24)25)18-14(19-13)21-23(8-3)9-4;2*1-2/h16H,6-11H2,1-5H3,(H3,15,17,18,19,20,21);2*1-2H2. The predicted octanol–water partition coefficient (Wildman–Crippen LogP) is 1.77. The average Bonchev–Trinajstić information content (AvgIpc) is 2.75. The van der Waals surface area contributed by atoms with Crippen LogP contribution in [-0.4, -0.2) is 78.9 Å².